The maximum absolute atomic E-state index is 13.5. The fraction of sp³-hybridized carbons (Fsp3) is 0.385. The quantitative estimate of drug-likeness (QED) is 0.756. The molecule has 0 radical (unpaired) electrons. The highest BCUT2D eigenvalue weighted by Crippen LogP contribution is 2.30. The molecule has 3 heteroatoms. The highest BCUT2D eigenvalue weighted by atomic mass is 19.1. The summed E-state index contributed by atoms with van der Waals surface area (Å²) < 4.78 is 13.5. The monoisotopic (exact) mass is 218 g/mol. The first kappa shape index (κ1) is 9.85. The molecule has 2 nitrogen and oxygen atoms in total. The average molecular weight is 218 g/mol. The van der Waals surface area contributed by atoms with Crippen molar-refractivity contribution in [2.24, 2.45) is 0 Å². The summed E-state index contributed by atoms with van der Waals surface area (Å²) in [6.45, 7) is 2.11. The molecule has 1 atom stereocenters. The third kappa shape index (κ3) is 1.52. The zero-order valence-corrected chi connectivity index (χ0v) is 9.09. The Balaban J connectivity index is 2.06. The Kier molecular flexibility index (Phi) is 2.40. The van der Waals surface area contributed by atoms with Gasteiger partial charge in [-0.2, -0.15) is 0 Å². The van der Waals surface area contributed by atoms with Crippen molar-refractivity contribution in [2.45, 2.75) is 18.8 Å². The van der Waals surface area contributed by atoms with Gasteiger partial charge in [0.15, 0.2) is 0 Å². The molecular formula is C13H15FN2. The van der Waals surface area contributed by atoms with E-state index in [9.17, 15) is 4.39 Å². The fourth-order valence-electron chi connectivity index (χ4n) is 2.59. The van der Waals surface area contributed by atoms with Crippen LogP contribution in [0.1, 0.15) is 24.3 Å². The zero-order chi connectivity index (χ0) is 11.0. The molecule has 1 aromatic carbocycles. The summed E-state index contributed by atoms with van der Waals surface area (Å²) in [6.07, 6.45) is 4.36. The molecule has 1 saturated heterocycles. The van der Waals surface area contributed by atoms with Crippen LogP contribution in [0.4, 0.5) is 4.39 Å². The number of H-pyrrole nitrogens is 1. The normalized spacial score (nSPS) is 21.4. The van der Waals surface area contributed by atoms with Gasteiger partial charge in [0.25, 0.3) is 0 Å². The molecule has 2 N–H and O–H groups in total. The third-order valence-corrected chi connectivity index (χ3v) is 3.43. The lowest BCUT2D eigenvalue weighted by atomic mass is 9.91. The van der Waals surface area contributed by atoms with Crippen LogP contribution in [0.3, 0.4) is 0 Å². The standard InChI is InChI=1S/C13H15FN2/c14-12-5-1-4-10-11(8-16-13(10)12)9-3-2-6-15-7-9/h1,4-5,8-9,15-16H,2-3,6-7H2. The van der Waals surface area contributed by atoms with Crippen LogP contribution in [0, 0.1) is 5.82 Å². The minimum Gasteiger partial charge on any atom is -0.359 e. The van der Waals surface area contributed by atoms with E-state index in [1.165, 1.54) is 24.5 Å². The summed E-state index contributed by atoms with van der Waals surface area (Å²) in [6, 6.07) is 5.28. The maximum Gasteiger partial charge on any atom is 0.147 e. The molecule has 0 saturated carbocycles. The van der Waals surface area contributed by atoms with E-state index in [2.05, 4.69) is 10.3 Å². The van der Waals surface area contributed by atoms with Gasteiger partial charge >= 0.3 is 0 Å². The molecule has 0 spiro atoms. The van der Waals surface area contributed by atoms with Crippen LogP contribution in [0.2, 0.25) is 0 Å². The molecule has 1 aliphatic rings. The number of benzene rings is 1. The fourth-order valence-corrected chi connectivity index (χ4v) is 2.59. The van der Waals surface area contributed by atoms with Gasteiger partial charge in [-0.3, -0.25) is 0 Å². The van der Waals surface area contributed by atoms with Gasteiger partial charge in [0.2, 0.25) is 0 Å². The number of halogens is 1. The third-order valence-electron chi connectivity index (χ3n) is 3.43. The number of hydrogen-bond acceptors (Lipinski definition) is 1. The van der Waals surface area contributed by atoms with Gasteiger partial charge in [-0.25, -0.2) is 4.39 Å². The van der Waals surface area contributed by atoms with Gasteiger partial charge in [0.05, 0.1) is 5.52 Å². The average Bonchev–Trinajstić information content (AvgIpc) is 2.75. The lowest BCUT2D eigenvalue weighted by Crippen LogP contribution is -2.28. The smallest absolute Gasteiger partial charge is 0.147 e. The van der Waals surface area contributed by atoms with Crippen molar-refractivity contribution in [3.05, 3.63) is 35.8 Å². The number of fused-ring (bicyclic) bond motifs is 1. The van der Waals surface area contributed by atoms with Crippen LogP contribution in [0.5, 0.6) is 0 Å². The van der Waals surface area contributed by atoms with Crippen molar-refractivity contribution < 1.29 is 4.39 Å². The highest BCUT2D eigenvalue weighted by Gasteiger charge is 2.19. The van der Waals surface area contributed by atoms with E-state index in [1.54, 1.807) is 6.07 Å². The number of hydrogen-bond donors (Lipinski definition) is 2. The molecule has 16 heavy (non-hydrogen) atoms. The molecule has 1 unspecified atom stereocenters. The zero-order valence-electron chi connectivity index (χ0n) is 9.09. The predicted molar refractivity (Wildman–Crippen MR) is 63.1 cm³/mol. The second-order valence-corrected chi connectivity index (χ2v) is 4.45. The topological polar surface area (TPSA) is 27.8 Å². The van der Waals surface area contributed by atoms with E-state index in [0.29, 0.717) is 11.4 Å². The van der Waals surface area contributed by atoms with Gasteiger partial charge < -0.3 is 10.3 Å². The van der Waals surface area contributed by atoms with Gasteiger partial charge in [0, 0.05) is 18.1 Å². The molecule has 0 aliphatic carbocycles. The first-order valence-corrected chi connectivity index (χ1v) is 5.82. The minimum atomic E-state index is -0.160. The van der Waals surface area contributed by atoms with Gasteiger partial charge in [0.1, 0.15) is 5.82 Å². The van der Waals surface area contributed by atoms with Crippen LogP contribution in [0.25, 0.3) is 10.9 Å². The molecule has 0 bridgehead atoms. The van der Waals surface area contributed by atoms with E-state index in [4.69, 9.17) is 0 Å². The van der Waals surface area contributed by atoms with Crippen LogP contribution in [-0.2, 0) is 0 Å². The summed E-state index contributed by atoms with van der Waals surface area (Å²) in [7, 11) is 0. The second kappa shape index (κ2) is 3.91. The molecule has 1 aromatic heterocycles. The Hall–Kier alpha value is -1.35. The summed E-state index contributed by atoms with van der Waals surface area (Å²) in [4.78, 5) is 3.05. The van der Waals surface area contributed by atoms with Crippen LogP contribution in [0.15, 0.2) is 24.4 Å². The van der Waals surface area contributed by atoms with E-state index in [-0.39, 0.29) is 5.82 Å². The Morgan fingerprint density at radius 3 is 3.06 bits per heavy atom. The van der Waals surface area contributed by atoms with E-state index in [0.717, 1.165) is 18.5 Å². The molecule has 1 aliphatic heterocycles. The van der Waals surface area contributed by atoms with Gasteiger partial charge in [-0.1, -0.05) is 12.1 Å². The maximum atomic E-state index is 13.5. The van der Waals surface area contributed by atoms with E-state index >= 15 is 0 Å². The minimum absolute atomic E-state index is 0.160. The number of aromatic nitrogens is 1. The van der Waals surface area contributed by atoms with Gasteiger partial charge in [-0.05, 0) is 36.9 Å². The molecule has 2 heterocycles. The van der Waals surface area contributed by atoms with Crippen LogP contribution < -0.4 is 5.32 Å². The number of piperidine rings is 1. The lowest BCUT2D eigenvalue weighted by molar-refractivity contribution is 0.463. The molecule has 0 amide bonds. The first-order chi connectivity index (χ1) is 7.86. The van der Waals surface area contributed by atoms with Crippen molar-refractivity contribution in [2.75, 3.05) is 13.1 Å². The van der Waals surface area contributed by atoms with Crippen LogP contribution in [-0.4, -0.2) is 18.1 Å². The summed E-state index contributed by atoms with van der Waals surface area (Å²) >= 11 is 0. The number of aromatic amines is 1. The van der Waals surface area contributed by atoms with E-state index in [1.807, 2.05) is 12.3 Å². The lowest BCUT2D eigenvalue weighted by Gasteiger charge is -2.22. The van der Waals surface area contributed by atoms with Gasteiger partial charge in [-0.15, -0.1) is 0 Å². The summed E-state index contributed by atoms with van der Waals surface area (Å²) in [5.74, 6) is 0.358. The predicted octanol–water partition coefficient (Wildman–Crippen LogP) is 2.77. The molecular weight excluding hydrogens is 203 g/mol. The number of para-hydroxylation sites is 1. The van der Waals surface area contributed by atoms with Crippen molar-refractivity contribution in [1.82, 2.24) is 10.3 Å². The van der Waals surface area contributed by atoms with E-state index < -0.39 is 0 Å². The molecule has 3 rings (SSSR count). The Morgan fingerprint density at radius 2 is 2.25 bits per heavy atom. The van der Waals surface area contributed by atoms with Crippen LogP contribution >= 0.6 is 0 Å². The van der Waals surface area contributed by atoms with Crippen molar-refractivity contribution >= 4 is 10.9 Å². The molecule has 84 valence electrons. The summed E-state index contributed by atoms with van der Waals surface area (Å²) in [5, 5.41) is 4.43. The SMILES string of the molecule is Fc1cccc2c(C3CCCNC3)c[nH]c12. The summed E-state index contributed by atoms with van der Waals surface area (Å²) in [5.41, 5.74) is 1.89. The Labute approximate surface area is 93.9 Å². The van der Waals surface area contributed by atoms with Crippen molar-refractivity contribution in [1.29, 1.82) is 0 Å². The number of nitrogens with one attached hydrogen (secondary N) is 2. The molecule has 1 fully saturated rings. The Bertz CT molecular complexity index is 498. The first-order valence-electron chi connectivity index (χ1n) is 5.82. The van der Waals surface area contributed by atoms with Crippen molar-refractivity contribution in [3.63, 3.8) is 0 Å². The molecule has 2 aromatic rings. The number of rotatable bonds is 1. The highest BCUT2D eigenvalue weighted by molar-refractivity contribution is 5.84. The second-order valence-electron chi connectivity index (χ2n) is 4.45. The Morgan fingerprint density at radius 1 is 1.31 bits per heavy atom. The largest absolute Gasteiger partial charge is 0.359 e. The van der Waals surface area contributed by atoms with Crippen molar-refractivity contribution in [3.8, 4) is 0 Å².